The van der Waals surface area contributed by atoms with Crippen LogP contribution in [0.5, 0.6) is 0 Å². The summed E-state index contributed by atoms with van der Waals surface area (Å²) in [6.45, 7) is 9.74. The molecule has 2 aromatic rings. The SMILES string of the molecule is CC(C)(C)Nc1ccc(C(=O)N2CC(C)(c3ccccn3)C2)cn1. The number of nitrogens with one attached hydrogen (secondary N) is 1. The summed E-state index contributed by atoms with van der Waals surface area (Å²) in [5, 5.41) is 3.29. The molecule has 2 aromatic heterocycles. The molecule has 0 aromatic carbocycles. The second-order valence-electron chi connectivity index (χ2n) is 7.74. The number of rotatable bonds is 3. The molecule has 1 fully saturated rings. The van der Waals surface area contributed by atoms with Crippen LogP contribution in [0.1, 0.15) is 43.7 Å². The van der Waals surface area contributed by atoms with Gasteiger partial charge in [0.1, 0.15) is 5.82 Å². The minimum atomic E-state index is -0.0575. The lowest BCUT2D eigenvalue weighted by Gasteiger charge is -2.47. The van der Waals surface area contributed by atoms with Gasteiger partial charge in [0.05, 0.1) is 5.56 Å². The number of anilines is 1. The summed E-state index contributed by atoms with van der Waals surface area (Å²) in [6, 6.07) is 9.61. The van der Waals surface area contributed by atoms with Crippen LogP contribution in [0, 0.1) is 0 Å². The van der Waals surface area contributed by atoms with Gasteiger partial charge < -0.3 is 10.2 Å². The van der Waals surface area contributed by atoms with E-state index >= 15 is 0 Å². The van der Waals surface area contributed by atoms with Gasteiger partial charge in [0.15, 0.2) is 0 Å². The summed E-state index contributed by atoms with van der Waals surface area (Å²) in [6.07, 6.45) is 3.45. The van der Waals surface area contributed by atoms with Crippen molar-refractivity contribution in [3.8, 4) is 0 Å². The summed E-state index contributed by atoms with van der Waals surface area (Å²) >= 11 is 0. The fraction of sp³-hybridized carbons (Fsp3) is 0.421. The molecule has 5 heteroatoms. The van der Waals surface area contributed by atoms with Gasteiger partial charge in [-0.3, -0.25) is 9.78 Å². The van der Waals surface area contributed by atoms with E-state index in [1.807, 2.05) is 35.2 Å². The molecule has 0 bridgehead atoms. The number of aromatic nitrogens is 2. The Kier molecular flexibility index (Phi) is 4.03. The molecule has 24 heavy (non-hydrogen) atoms. The maximum Gasteiger partial charge on any atom is 0.255 e. The van der Waals surface area contributed by atoms with Crippen molar-refractivity contribution in [2.24, 2.45) is 0 Å². The third kappa shape index (κ3) is 3.40. The maximum absolute atomic E-state index is 12.6. The van der Waals surface area contributed by atoms with Gasteiger partial charge in [-0.2, -0.15) is 0 Å². The predicted octanol–water partition coefficient (Wildman–Crippen LogP) is 3.10. The second kappa shape index (κ2) is 5.89. The van der Waals surface area contributed by atoms with Crippen molar-refractivity contribution >= 4 is 11.7 Å². The summed E-state index contributed by atoms with van der Waals surface area (Å²) in [5.41, 5.74) is 1.55. The molecule has 0 aliphatic carbocycles. The number of pyridine rings is 2. The van der Waals surface area contributed by atoms with Gasteiger partial charge in [0.2, 0.25) is 0 Å². The molecule has 0 unspecified atom stereocenters. The molecule has 3 rings (SSSR count). The van der Waals surface area contributed by atoms with Crippen LogP contribution in [0.3, 0.4) is 0 Å². The van der Waals surface area contributed by atoms with Crippen LogP contribution >= 0.6 is 0 Å². The molecule has 1 aliphatic rings. The van der Waals surface area contributed by atoms with Crippen LogP contribution in [0.2, 0.25) is 0 Å². The topological polar surface area (TPSA) is 58.1 Å². The Morgan fingerprint density at radius 2 is 1.92 bits per heavy atom. The fourth-order valence-corrected chi connectivity index (χ4v) is 2.98. The first kappa shape index (κ1) is 16.4. The van der Waals surface area contributed by atoms with Gasteiger partial charge in [0, 0.05) is 42.1 Å². The van der Waals surface area contributed by atoms with Crippen molar-refractivity contribution in [1.29, 1.82) is 0 Å². The standard InChI is InChI=1S/C19H24N4O/c1-18(2,3)22-16-9-8-14(11-21-16)17(24)23-12-19(4,13-23)15-7-5-6-10-20-15/h5-11H,12-13H2,1-4H3,(H,21,22). The Balaban J connectivity index is 1.64. The number of nitrogens with zero attached hydrogens (tertiary/aromatic N) is 3. The average molecular weight is 324 g/mol. The van der Waals surface area contributed by atoms with Gasteiger partial charge in [-0.05, 0) is 45.0 Å². The van der Waals surface area contributed by atoms with Crippen LogP contribution in [-0.4, -0.2) is 39.4 Å². The lowest BCUT2D eigenvalue weighted by molar-refractivity contribution is 0.0423. The molecule has 1 amide bonds. The number of carbonyl (C=O) groups excluding carboxylic acids is 1. The van der Waals surface area contributed by atoms with Gasteiger partial charge in [-0.25, -0.2) is 4.98 Å². The van der Waals surface area contributed by atoms with Crippen molar-refractivity contribution in [2.45, 2.75) is 38.6 Å². The van der Waals surface area contributed by atoms with Crippen LogP contribution in [-0.2, 0) is 5.41 Å². The highest BCUT2D eigenvalue weighted by Gasteiger charge is 2.43. The molecule has 126 valence electrons. The lowest BCUT2D eigenvalue weighted by Crippen LogP contribution is -2.59. The zero-order valence-corrected chi connectivity index (χ0v) is 14.7. The van der Waals surface area contributed by atoms with E-state index in [1.54, 1.807) is 12.4 Å². The zero-order chi connectivity index (χ0) is 17.4. The smallest absolute Gasteiger partial charge is 0.255 e. The van der Waals surface area contributed by atoms with E-state index in [4.69, 9.17) is 0 Å². The Labute approximate surface area is 143 Å². The number of hydrogen-bond donors (Lipinski definition) is 1. The summed E-state index contributed by atoms with van der Waals surface area (Å²) < 4.78 is 0. The van der Waals surface area contributed by atoms with E-state index in [1.165, 1.54) is 0 Å². The molecule has 0 saturated carbocycles. The number of likely N-dealkylation sites (tertiary alicyclic amines) is 1. The maximum atomic E-state index is 12.6. The first-order valence-electron chi connectivity index (χ1n) is 8.22. The fourth-order valence-electron chi connectivity index (χ4n) is 2.98. The second-order valence-corrected chi connectivity index (χ2v) is 7.74. The molecular formula is C19H24N4O. The Hall–Kier alpha value is -2.43. The van der Waals surface area contributed by atoms with Gasteiger partial charge in [0.25, 0.3) is 5.91 Å². The Morgan fingerprint density at radius 1 is 1.17 bits per heavy atom. The average Bonchev–Trinajstić information content (AvgIpc) is 2.51. The third-order valence-electron chi connectivity index (χ3n) is 4.16. The highest BCUT2D eigenvalue weighted by Crippen LogP contribution is 2.33. The lowest BCUT2D eigenvalue weighted by atomic mass is 9.78. The third-order valence-corrected chi connectivity index (χ3v) is 4.16. The van der Waals surface area contributed by atoms with Crippen molar-refractivity contribution in [3.05, 3.63) is 54.0 Å². The first-order valence-corrected chi connectivity index (χ1v) is 8.22. The molecule has 0 spiro atoms. The van der Waals surface area contributed by atoms with Crippen molar-refractivity contribution < 1.29 is 4.79 Å². The quantitative estimate of drug-likeness (QED) is 0.942. The molecule has 5 nitrogen and oxygen atoms in total. The van der Waals surface area contributed by atoms with E-state index in [9.17, 15) is 4.79 Å². The van der Waals surface area contributed by atoms with Crippen LogP contribution in [0.25, 0.3) is 0 Å². The predicted molar refractivity (Wildman–Crippen MR) is 95.1 cm³/mol. The highest BCUT2D eigenvalue weighted by molar-refractivity contribution is 5.95. The summed E-state index contributed by atoms with van der Waals surface area (Å²) in [4.78, 5) is 23.2. The minimum absolute atomic E-state index is 0.0261. The number of hydrogen-bond acceptors (Lipinski definition) is 4. The Morgan fingerprint density at radius 3 is 2.46 bits per heavy atom. The Bertz CT molecular complexity index is 713. The van der Waals surface area contributed by atoms with E-state index < -0.39 is 0 Å². The largest absolute Gasteiger partial charge is 0.365 e. The first-order chi connectivity index (χ1) is 11.3. The minimum Gasteiger partial charge on any atom is -0.365 e. The van der Waals surface area contributed by atoms with Crippen LogP contribution in [0.15, 0.2) is 42.7 Å². The van der Waals surface area contributed by atoms with E-state index in [0.717, 1.165) is 11.5 Å². The van der Waals surface area contributed by atoms with Crippen molar-refractivity contribution in [1.82, 2.24) is 14.9 Å². The number of amides is 1. The van der Waals surface area contributed by atoms with Crippen LogP contribution in [0.4, 0.5) is 5.82 Å². The molecular weight excluding hydrogens is 300 g/mol. The molecule has 0 atom stereocenters. The molecule has 0 radical (unpaired) electrons. The van der Waals surface area contributed by atoms with Crippen LogP contribution < -0.4 is 5.32 Å². The number of carbonyl (C=O) groups is 1. The summed E-state index contributed by atoms with van der Waals surface area (Å²) in [5.74, 6) is 0.805. The van der Waals surface area contributed by atoms with E-state index in [-0.39, 0.29) is 16.9 Å². The van der Waals surface area contributed by atoms with Crippen molar-refractivity contribution in [2.75, 3.05) is 18.4 Å². The molecule has 1 N–H and O–H groups in total. The normalized spacial score (nSPS) is 16.4. The summed E-state index contributed by atoms with van der Waals surface area (Å²) in [7, 11) is 0. The zero-order valence-electron chi connectivity index (χ0n) is 14.7. The van der Waals surface area contributed by atoms with E-state index in [2.05, 4.69) is 43.0 Å². The molecule has 1 saturated heterocycles. The highest BCUT2D eigenvalue weighted by atomic mass is 16.2. The van der Waals surface area contributed by atoms with Gasteiger partial charge in [-0.15, -0.1) is 0 Å². The molecule has 1 aliphatic heterocycles. The molecule has 3 heterocycles. The van der Waals surface area contributed by atoms with E-state index in [0.29, 0.717) is 18.7 Å². The monoisotopic (exact) mass is 324 g/mol. The van der Waals surface area contributed by atoms with Gasteiger partial charge >= 0.3 is 0 Å². The van der Waals surface area contributed by atoms with Gasteiger partial charge in [-0.1, -0.05) is 13.0 Å². The van der Waals surface area contributed by atoms with Crippen molar-refractivity contribution in [3.63, 3.8) is 0 Å².